The van der Waals surface area contributed by atoms with E-state index in [2.05, 4.69) is 11.4 Å². The molecule has 20 heavy (non-hydrogen) atoms. The van der Waals surface area contributed by atoms with Gasteiger partial charge in [-0.15, -0.1) is 11.8 Å². The number of nitrogens with one attached hydrogen (secondary N) is 1. The highest BCUT2D eigenvalue weighted by atomic mass is 32.2. The summed E-state index contributed by atoms with van der Waals surface area (Å²) < 4.78 is 0. The minimum absolute atomic E-state index is 0.113. The lowest BCUT2D eigenvalue weighted by atomic mass is 10.2. The van der Waals surface area contributed by atoms with Crippen molar-refractivity contribution in [1.29, 1.82) is 0 Å². The van der Waals surface area contributed by atoms with E-state index in [1.165, 1.54) is 4.90 Å². The number of carbonyl (C=O) groups is 1. The zero-order valence-corrected chi connectivity index (χ0v) is 11.9. The Balaban J connectivity index is 1.69. The molecule has 0 spiro atoms. The van der Waals surface area contributed by atoms with Crippen LogP contribution < -0.4 is 10.2 Å². The summed E-state index contributed by atoms with van der Waals surface area (Å²) in [6, 6.07) is 17.9. The second-order valence-corrected chi connectivity index (χ2v) is 5.72. The van der Waals surface area contributed by atoms with Crippen LogP contribution in [0.4, 0.5) is 11.4 Å². The maximum Gasteiger partial charge on any atom is 0.246 e. The van der Waals surface area contributed by atoms with Gasteiger partial charge in [-0.25, -0.2) is 0 Å². The second kappa shape index (κ2) is 6.01. The molecular weight excluding hydrogens is 268 g/mol. The first-order valence-corrected chi connectivity index (χ1v) is 7.64. The summed E-state index contributed by atoms with van der Waals surface area (Å²) in [4.78, 5) is 15.5. The Bertz CT molecular complexity index is 600. The number of nitrogens with zero attached hydrogens (tertiary/aromatic N) is 1. The average molecular weight is 284 g/mol. The van der Waals surface area contributed by atoms with Crippen LogP contribution in [-0.2, 0) is 4.79 Å². The summed E-state index contributed by atoms with van der Waals surface area (Å²) in [7, 11) is 0. The van der Waals surface area contributed by atoms with E-state index in [1.54, 1.807) is 0 Å². The molecule has 1 heterocycles. The first-order chi connectivity index (χ1) is 9.84. The fourth-order valence-corrected chi connectivity index (χ4v) is 3.25. The van der Waals surface area contributed by atoms with Crippen molar-refractivity contribution in [2.75, 3.05) is 29.1 Å². The Morgan fingerprint density at radius 3 is 2.70 bits per heavy atom. The van der Waals surface area contributed by atoms with Crippen LogP contribution in [0.5, 0.6) is 0 Å². The molecule has 0 saturated carbocycles. The van der Waals surface area contributed by atoms with Crippen molar-refractivity contribution in [3.8, 4) is 0 Å². The maximum atomic E-state index is 12.4. The highest BCUT2D eigenvalue weighted by Crippen LogP contribution is 2.34. The van der Waals surface area contributed by atoms with Crippen LogP contribution in [0.1, 0.15) is 0 Å². The van der Waals surface area contributed by atoms with Gasteiger partial charge in [0.15, 0.2) is 0 Å². The van der Waals surface area contributed by atoms with Crippen molar-refractivity contribution in [3.63, 3.8) is 0 Å². The predicted octanol–water partition coefficient (Wildman–Crippen LogP) is 3.24. The normalized spacial score (nSPS) is 13.7. The predicted molar refractivity (Wildman–Crippen MR) is 84.5 cm³/mol. The maximum absolute atomic E-state index is 12.4. The molecule has 2 aromatic carbocycles. The molecule has 0 atom stereocenters. The van der Waals surface area contributed by atoms with Gasteiger partial charge in [-0.05, 0) is 24.3 Å². The van der Waals surface area contributed by atoms with E-state index >= 15 is 0 Å². The molecule has 2 aromatic rings. The first-order valence-electron chi connectivity index (χ1n) is 6.66. The quantitative estimate of drug-likeness (QED) is 0.939. The van der Waals surface area contributed by atoms with Gasteiger partial charge in [-0.2, -0.15) is 0 Å². The van der Waals surface area contributed by atoms with Crippen molar-refractivity contribution >= 4 is 29.0 Å². The van der Waals surface area contributed by atoms with Crippen LogP contribution >= 0.6 is 11.8 Å². The molecule has 0 bridgehead atoms. The Morgan fingerprint density at radius 1 is 1.10 bits per heavy atom. The van der Waals surface area contributed by atoms with Gasteiger partial charge < -0.3 is 10.2 Å². The van der Waals surface area contributed by atoms with Crippen LogP contribution in [0.25, 0.3) is 0 Å². The number of carbonyl (C=O) groups excluding carboxylic acids is 1. The summed E-state index contributed by atoms with van der Waals surface area (Å²) in [6.45, 7) is 1.10. The molecule has 1 amide bonds. The number of para-hydroxylation sites is 2. The fourth-order valence-electron chi connectivity index (χ4n) is 2.26. The van der Waals surface area contributed by atoms with Crippen LogP contribution in [0.3, 0.4) is 0 Å². The van der Waals surface area contributed by atoms with E-state index in [0.29, 0.717) is 6.54 Å². The van der Waals surface area contributed by atoms with E-state index in [9.17, 15) is 4.79 Å². The number of fused-ring (bicyclic) bond motifs is 1. The van der Waals surface area contributed by atoms with Crippen molar-refractivity contribution in [1.82, 2.24) is 0 Å². The van der Waals surface area contributed by atoms with Crippen molar-refractivity contribution in [2.24, 2.45) is 0 Å². The van der Waals surface area contributed by atoms with E-state index in [-0.39, 0.29) is 5.91 Å². The molecular formula is C16H16N2OS. The second-order valence-electron chi connectivity index (χ2n) is 4.58. The Hall–Kier alpha value is -1.94. The van der Waals surface area contributed by atoms with Gasteiger partial charge in [0, 0.05) is 22.9 Å². The zero-order valence-electron chi connectivity index (χ0n) is 11.1. The van der Waals surface area contributed by atoms with Crippen molar-refractivity contribution in [3.05, 3.63) is 54.6 Å². The van der Waals surface area contributed by atoms with Gasteiger partial charge in [-0.1, -0.05) is 30.3 Å². The van der Waals surface area contributed by atoms with Crippen LogP contribution in [0.15, 0.2) is 59.5 Å². The smallest absolute Gasteiger partial charge is 0.246 e. The average Bonchev–Trinajstić information content (AvgIpc) is 2.53. The molecule has 1 aliphatic rings. The summed E-state index contributed by atoms with van der Waals surface area (Å²) in [5, 5.41) is 3.17. The summed E-state index contributed by atoms with van der Waals surface area (Å²) in [5.41, 5.74) is 2.00. The lowest BCUT2D eigenvalue weighted by molar-refractivity contribution is -0.117. The Labute approximate surface area is 123 Å². The van der Waals surface area contributed by atoms with Gasteiger partial charge in [0.1, 0.15) is 0 Å². The standard InChI is InChI=1S/C16H16N2OS/c19-16(12-17-13-6-2-1-3-7-13)18-10-11-20-15-9-5-4-8-14(15)18/h1-9,17H,10-12H2. The van der Waals surface area contributed by atoms with Crippen LogP contribution in [-0.4, -0.2) is 24.7 Å². The molecule has 102 valence electrons. The molecule has 0 saturated heterocycles. The highest BCUT2D eigenvalue weighted by Gasteiger charge is 2.22. The van der Waals surface area contributed by atoms with Crippen LogP contribution in [0.2, 0.25) is 0 Å². The molecule has 0 unspecified atom stereocenters. The molecule has 0 radical (unpaired) electrons. The third kappa shape index (κ3) is 2.80. The molecule has 4 heteroatoms. The number of amides is 1. The summed E-state index contributed by atoms with van der Waals surface area (Å²) in [5.74, 6) is 1.07. The first kappa shape index (κ1) is 13.1. The van der Waals surface area contributed by atoms with Gasteiger partial charge in [0.2, 0.25) is 5.91 Å². The molecule has 0 aromatic heterocycles. The fraction of sp³-hybridized carbons (Fsp3) is 0.188. The molecule has 0 aliphatic carbocycles. The van der Waals surface area contributed by atoms with Crippen LogP contribution in [0, 0.1) is 0 Å². The SMILES string of the molecule is O=C(CNc1ccccc1)N1CCSc2ccccc21. The van der Waals surface area contributed by atoms with E-state index < -0.39 is 0 Å². The molecule has 1 aliphatic heterocycles. The topological polar surface area (TPSA) is 32.3 Å². The molecule has 3 rings (SSSR count). The molecule has 3 nitrogen and oxygen atoms in total. The molecule has 1 N–H and O–H groups in total. The number of rotatable bonds is 3. The summed E-state index contributed by atoms with van der Waals surface area (Å²) >= 11 is 1.81. The number of hydrogen-bond donors (Lipinski definition) is 1. The van der Waals surface area contributed by atoms with E-state index in [4.69, 9.17) is 0 Å². The van der Waals surface area contributed by atoms with Gasteiger partial charge in [-0.3, -0.25) is 4.79 Å². The summed E-state index contributed by atoms with van der Waals surface area (Å²) in [6.07, 6.45) is 0. The van der Waals surface area contributed by atoms with E-state index in [0.717, 1.165) is 23.7 Å². The number of anilines is 2. The van der Waals surface area contributed by atoms with Crippen molar-refractivity contribution in [2.45, 2.75) is 4.90 Å². The Morgan fingerprint density at radius 2 is 1.85 bits per heavy atom. The highest BCUT2D eigenvalue weighted by molar-refractivity contribution is 7.99. The lowest BCUT2D eigenvalue weighted by Gasteiger charge is -2.29. The van der Waals surface area contributed by atoms with E-state index in [1.807, 2.05) is 65.2 Å². The number of hydrogen-bond acceptors (Lipinski definition) is 3. The third-order valence-corrected chi connectivity index (χ3v) is 4.29. The number of thioether (sulfide) groups is 1. The zero-order chi connectivity index (χ0) is 13.8. The van der Waals surface area contributed by atoms with Gasteiger partial charge >= 0.3 is 0 Å². The van der Waals surface area contributed by atoms with Gasteiger partial charge in [0.05, 0.1) is 12.2 Å². The third-order valence-electron chi connectivity index (χ3n) is 3.25. The molecule has 0 fully saturated rings. The Kier molecular flexibility index (Phi) is 3.92. The minimum atomic E-state index is 0.113. The number of benzene rings is 2. The lowest BCUT2D eigenvalue weighted by Crippen LogP contribution is -2.39. The largest absolute Gasteiger partial charge is 0.376 e. The van der Waals surface area contributed by atoms with Crippen molar-refractivity contribution < 1.29 is 4.79 Å². The monoisotopic (exact) mass is 284 g/mol. The minimum Gasteiger partial charge on any atom is -0.376 e. The van der Waals surface area contributed by atoms with Gasteiger partial charge in [0.25, 0.3) is 0 Å².